The third-order valence-electron chi connectivity index (χ3n) is 5.97. The van der Waals surface area contributed by atoms with Gasteiger partial charge in [-0.2, -0.15) is 0 Å². The molecule has 1 atom stereocenters. The molecule has 34 heavy (non-hydrogen) atoms. The highest BCUT2D eigenvalue weighted by atomic mass is 32.1. The molecule has 0 saturated carbocycles. The quantitative estimate of drug-likeness (QED) is 0.439. The van der Waals surface area contributed by atoms with E-state index in [0.717, 1.165) is 39.0 Å². The minimum absolute atomic E-state index is 0.0589. The maximum Gasteiger partial charge on any atom is 0.271 e. The number of pyridine rings is 1. The van der Waals surface area contributed by atoms with Crippen molar-refractivity contribution < 1.29 is 4.74 Å². The van der Waals surface area contributed by atoms with Crippen molar-refractivity contribution in [3.8, 4) is 5.75 Å². The zero-order valence-electron chi connectivity index (χ0n) is 18.3. The number of H-pyrrole nitrogens is 1. The number of ether oxygens (including phenoxy) is 1. The number of fused-ring (bicyclic) bond motifs is 2. The first kappa shape index (κ1) is 20.4. The van der Waals surface area contributed by atoms with Gasteiger partial charge in [-0.3, -0.25) is 14.3 Å². The van der Waals surface area contributed by atoms with Crippen LogP contribution in [0.15, 0.2) is 95.1 Å². The summed E-state index contributed by atoms with van der Waals surface area (Å²) < 4.78 is 7.73. The van der Waals surface area contributed by atoms with Crippen molar-refractivity contribution >= 4 is 34.0 Å². The average molecular weight is 465 g/mol. The van der Waals surface area contributed by atoms with Crippen molar-refractivity contribution in [2.45, 2.75) is 6.04 Å². The molecule has 0 amide bonds. The second kappa shape index (κ2) is 8.28. The number of para-hydroxylation sites is 1. The molecule has 0 saturated heterocycles. The van der Waals surface area contributed by atoms with E-state index in [9.17, 15) is 4.79 Å². The van der Waals surface area contributed by atoms with Crippen molar-refractivity contribution in [3.05, 3.63) is 122 Å². The number of aromatic amines is 1. The second-order valence-electron chi connectivity index (χ2n) is 7.98. The predicted octanol–water partition coefficient (Wildman–Crippen LogP) is 3.89. The Hall–Kier alpha value is -4.23. The minimum atomic E-state index is -0.289. The normalized spacial score (nSPS) is 15.6. The lowest BCUT2D eigenvalue weighted by Crippen LogP contribution is -2.36. The number of benzene rings is 2. The molecule has 166 valence electrons. The van der Waals surface area contributed by atoms with Crippen molar-refractivity contribution in [3.63, 3.8) is 0 Å². The Kier molecular flexibility index (Phi) is 4.96. The van der Waals surface area contributed by atoms with E-state index >= 15 is 0 Å². The Morgan fingerprint density at radius 3 is 2.74 bits per heavy atom. The summed E-state index contributed by atoms with van der Waals surface area (Å²) in [5.74, 6) is 0.770. The SMILES string of the molecule is COc1ccc(C2C=C(c3cccnc3)N=c3s/c(=C/c4c[nH]c5ccccc45)c(=O)n32)cc1. The molecule has 0 fully saturated rings. The molecular formula is C27H20N4O2S. The van der Waals surface area contributed by atoms with E-state index in [2.05, 4.69) is 16.0 Å². The molecular weight excluding hydrogens is 444 g/mol. The van der Waals surface area contributed by atoms with E-state index in [-0.39, 0.29) is 11.6 Å². The fraction of sp³-hybridized carbons (Fsp3) is 0.0741. The topological polar surface area (TPSA) is 72.3 Å². The van der Waals surface area contributed by atoms with E-state index in [1.54, 1.807) is 24.1 Å². The number of aromatic nitrogens is 3. The lowest BCUT2D eigenvalue weighted by Gasteiger charge is -2.19. The molecule has 5 aromatic rings. The highest BCUT2D eigenvalue weighted by Crippen LogP contribution is 2.28. The van der Waals surface area contributed by atoms with Crippen molar-refractivity contribution in [1.29, 1.82) is 0 Å². The predicted molar refractivity (Wildman–Crippen MR) is 135 cm³/mol. The number of thiazole rings is 1. The van der Waals surface area contributed by atoms with Crippen LogP contribution in [0, 0.1) is 0 Å². The summed E-state index contributed by atoms with van der Waals surface area (Å²) in [6.07, 6.45) is 9.44. The Balaban J connectivity index is 1.56. The molecule has 0 bridgehead atoms. The number of allylic oxidation sites excluding steroid dienone is 1. The Morgan fingerprint density at radius 1 is 1.09 bits per heavy atom. The molecule has 6 nitrogen and oxygen atoms in total. The third-order valence-corrected chi connectivity index (χ3v) is 6.95. The van der Waals surface area contributed by atoms with Crippen LogP contribution in [0.5, 0.6) is 5.75 Å². The largest absolute Gasteiger partial charge is 0.497 e. The van der Waals surface area contributed by atoms with Gasteiger partial charge in [0.05, 0.1) is 23.4 Å². The fourth-order valence-electron chi connectivity index (χ4n) is 4.25. The summed E-state index contributed by atoms with van der Waals surface area (Å²) in [6.45, 7) is 0. The van der Waals surface area contributed by atoms with Gasteiger partial charge in [-0.05, 0) is 48.0 Å². The van der Waals surface area contributed by atoms with Crippen molar-refractivity contribution in [2.75, 3.05) is 7.11 Å². The van der Waals surface area contributed by atoms with E-state index in [4.69, 9.17) is 9.73 Å². The molecule has 1 aliphatic heterocycles. The molecule has 4 heterocycles. The maximum atomic E-state index is 13.6. The van der Waals surface area contributed by atoms with Gasteiger partial charge in [0, 0.05) is 40.6 Å². The summed E-state index contributed by atoms with van der Waals surface area (Å²) in [4.78, 5) is 26.7. The van der Waals surface area contributed by atoms with Gasteiger partial charge in [-0.15, -0.1) is 0 Å². The highest BCUT2D eigenvalue weighted by Gasteiger charge is 2.22. The zero-order chi connectivity index (χ0) is 23.1. The average Bonchev–Trinajstić information content (AvgIpc) is 3.45. The van der Waals surface area contributed by atoms with Crippen molar-refractivity contribution in [1.82, 2.24) is 14.5 Å². The number of hydrogen-bond acceptors (Lipinski definition) is 5. The number of nitrogens with one attached hydrogen (secondary N) is 1. The van der Waals surface area contributed by atoms with Gasteiger partial charge in [0.25, 0.3) is 5.56 Å². The molecule has 1 aliphatic rings. The van der Waals surface area contributed by atoms with E-state index in [1.165, 1.54) is 11.3 Å². The minimum Gasteiger partial charge on any atom is -0.497 e. The van der Waals surface area contributed by atoms with E-state index < -0.39 is 0 Å². The van der Waals surface area contributed by atoms with Crippen LogP contribution < -0.4 is 19.6 Å². The summed E-state index contributed by atoms with van der Waals surface area (Å²) in [5.41, 5.74) is 4.65. The maximum absolute atomic E-state index is 13.6. The highest BCUT2D eigenvalue weighted by molar-refractivity contribution is 7.07. The molecule has 7 heteroatoms. The number of rotatable bonds is 4. The first-order chi connectivity index (χ1) is 16.7. The molecule has 0 spiro atoms. The molecule has 0 radical (unpaired) electrons. The molecule has 2 aromatic carbocycles. The molecule has 6 rings (SSSR count). The van der Waals surface area contributed by atoms with Gasteiger partial charge in [-0.1, -0.05) is 41.7 Å². The molecule has 1 N–H and O–H groups in total. The summed E-state index contributed by atoms with van der Waals surface area (Å²) in [7, 11) is 1.64. The van der Waals surface area contributed by atoms with Crippen LogP contribution in [0.25, 0.3) is 22.7 Å². The van der Waals surface area contributed by atoms with Gasteiger partial charge >= 0.3 is 0 Å². The van der Waals surface area contributed by atoms with Gasteiger partial charge in [0.2, 0.25) is 0 Å². The standard InChI is InChI=1S/C27H20N4O2S/c1-33-20-10-8-17(9-11-20)24-14-23(18-5-4-12-28-15-18)30-27-31(24)26(32)25(34-27)13-19-16-29-22-7-3-2-6-21(19)22/h2-16,24,29H,1H3/b25-13+. The second-order valence-corrected chi connectivity index (χ2v) is 8.99. The Labute approximate surface area is 198 Å². The first-order valence-electron chi connectivity index (χ1n) is 10.9. The third kappa shape index (κ3) is 3.47. The molecule has 0 aliphatic carbocycles. The van der Waals surface area contributed by atoms with Crippen LogP contribution in [-0.4, -0.2) is 21.6 Å². The first-order valence-corrected chi connectivity index (χ1v) is 11.7. The molecule has 1 unspecified atom stereocenters. The summed E-state index contributed by atoms with van der Waals surface area (Å²) in [5, 5.41) is 1.08. The van der Waals surface area contributed by atoms with Crippen molar-refractivity contribution in [2.24, 2.45) is 4.99 Å². The summed E-state index contributed by atoms with van der Waals surface area (Å²) >= 11 is 1.40. The van der Waals surface area contributed by atoms with Gasteiger partial charge in [0.1, 0.15) is 5.75 Å². The van der Waals surface area contributed by atoms with E-state index in [1.807, 2.05) is 72.9 Å². The van der Waals surface area contributed by atoms with Crippen LogP contribution >= 0.6 is 11.3 Å². The van der Waals surface area contributed by atoms with Crippen LogP contribution in [0.2, 0.25) is 0 Å². The van der Waals surface area contributed by atoms with Crippen LogP contribution in [-0.2, 0) is 0 Å². The monoisotopic (exact) mass is 464 g/mol. The van der Waals surface area contributed by atoms with E-state index in [0.29, 0.717) is 9.33 Å². The number of methoxy groups -OCH3 is 1. The lowest BCUT2D eigenvalue weighted by molar-refractivity contribution is 0.414. The fourth-order valence-corrected chi connectivity index (χ4v) is 5.26. The molecule has 3 aromatic heterocycles. The van der Waals surface area contributed by atoms with Gasteiger partial charge < -0.3 is 9.72 Å². The van der Waals surface area contributed by atoms with Crippen LogP contribution in [0.1, 0.15) is 22.7 Å². The van der Waals surface area contributed by atoms with Crippen LogP contribution in [0.4, 0.5) is 0 Å². The lowest BCUT2D eigenvalue weighted by atomic mass is 10.0. The number of nitrogens with zero attached hydrogens (tertiary/aromatic N) is 3. The smallest absolute Gasteiger partial charge is 0.271 e. The summed E-state index contributed by atoms with van der Waals surface area (Å²) in [6, 6.07) is 19.4. The number of hydrogen-bond donors (Lipinski definition) is 1. The van der Waals surface area contributed by atoms with Gasteiger partial charge in [0.15, 0.2) is 4.80 Å². The zero-order valence-corrected chi connectivity index (χ0v) is 19.1. The Bertz CT molecular complexity index is 1710. The van der Waals surface area contributed by atoms with Crippen LogP contribution in [0.3, 0.4) is 0 Å². The Morgan fingerprint density at radius 2 is 1.94 bits per heavy atom. The van der Waals surface area contributed by atoms with Gasteiger partial charge in [-0.25, -0.2) is 4.99 Å².